The minimum Gasteiger partial charge on any atom is -0.362 e. The molecule has 1 aromatic rings. The van der Waals surface area contributed by atoms with E-state index in [1.165, 1.54) is 83.5 Å². The Labute approximate surface area is 217 Å². The van der Waals surface area contributed by atoms with Gasteiger partial charge in [-0.15, -0.1) is 0 Å². The fourth-order valence-corrected chi connectivity index (χ4v) is 4.23. The van der Waals surface area contributed by atoms with Gasteiger partial charge in [-0.2, -0.15) is 0 Å². The fourth-order valence-electron chi connectivity index (χ4n) is 3.91. The molecule has 0 fully saturated rings. The van der Waals surface area contributed by atoms with Gasteiger partial charge in [-0.05, 0) is 25.5 Å². The molecular weight excluding hydrogens is 475 g/mol. The van der Waals surface area contributed by atoms with Crippen LogP contribution in [0.1, 0.15) is 115 Å². The van der Waals surface area contributed by atoms with Crippen LogP contribution in [-0.4, -0.2) is 15.9 Å². The molecule has 2 N–H and O–H groups in total. The van der Waals surface area contributed by atoms with Crippen molar-refractivity contribution in [2.45, 2.75) is 127 Å². The third-order valence-electron chi connectivity index (χ3n) is 6.00. The number of hydrogen-bond acceptors (Lipinski definition) is 2. The van der Waals surface area contributed by atoms with Crippen LogP contribution in [0.4, 0.5) is 5.69 Å². The van der Waals surface area contributed by atoms with Crippen LogP contribution in [0.5, 0.6) is 0 Å². The molecule has 0 heterocycles. The lowest BCUT2D eigenvalue weighted by atomic mass is 10.0. The number of anilines is 1. The molecule has 3 nitrogen and oxygen atoms in total. The van der Waals surface area contributed by atoms with Crippen LogP contribution in [-0.2, 0) is 4.79 Å². The van der Waals surface area contributed by atoms with Crippen LogP contribution < -0.4 is 10.6 Å². The second kappa shape index (κ2) is 18.7. The number of benzene rings is 1. The van der Waals surface area contributed by atoms with E-state index in [0.29, 0.717) is 6.42 Å². The maximum absolute atomic E-state index is 12.4. The molecule has 33 heavy (non-hydrogen) atoms. The molecular formula is C27H45Cl3N2O. The lowest BCUT2D eigenvalue weighted by Crippen LogP contribution is -2.49. The Hall–Kier alpha value is -0.640. The summed E-state index contributed by atoms with van der Waals surface area (Å²) in [5.74, 6) is -0.0966. The quantitative estimate of drug-likeness (QED) is 0.108. The maximum Gasteiger partial charge on any atom is 0.228 e. The van der Waals surface area contributed by atoms with E-state index in [1.54, 1.807) is 0 Å². The minimum absolute atomic E-state index is 0.0966. The van der Waals surface area contributed by atoms with Gasteiger partial charge in [0.15, 0.2) is 0 Å². The number of carbonyl (C=O) groups excluding carboxylic acids is 1. The Bertz CT molecular complexity index is 617. The van der Waals surface area contributed by atoms with Gasteiger partial charge in [0.2, 0.25) is 9.70 Å². The van der Waals surface area contributed by atoms with Crippen molar-refractivity contribution in [3.63, 3.8) is 0 Å². The lowest BCUT2D eigenvalue weighted by Gasteiger charge is -2.27. The third kappa shape index (κ3) is 16.6. The number of rotatable bonds is 19. The molecule has 1 amide bonds. The average Bonchev–Trinajstić information content (AvgIpc) is 2.76. The van der Waals surface area contributed by atoms with E-state index >= 15 is 0 Å². The van der Waals surface area contributed by atoms with Crippen LogP contribution >= 0.6 is 34.8 Å². The van der Waals surface area contributed by atoms with Gasteiger partial charge in [0.25, 0.3) is 0 Å². The van der Waals surface area contributed by atoms with Crippen molar-refractivity contribution in [2.75, 3.05) is 5.32 Å². The largest absolute Gasteiger partial charge is 0.362 e. The molecule has 0 radical (unpaired) electrons. The first-order valence-corrected chi connectivity index (χ1v) is 14.2. The molecule has 1 atom stereocenters. The Morgan fingerprint density at radius 2 is 1.18 bits per heavy atom. The zero-order valence-corrected chi connectivity index (χ0v) is 23.0. The highest BCUT2D eigenvalue weighted by atomic mass is 35.6. The second-order valence-electron chi connectivity index (χ2n) is 9.25. The zero-order chi connectivity index (χ0) is 24.4. The van der Waals surface area contributed by atoms with Gasteiger partial charge in [-0.25, -0.2) is 0 Å². The number of alkyl halides is 3. The number of amides is 1. The monoisotopic (exact) mass is 518 g/mol. The summed E-state index contributed by atoms with van der Waals surface area (Å²) in [7, 11) is 0. The van der Waals surface area contributed by atoms with Gasteiger partial charge in [0.05, 0.1) is 0 Å². The Morgan fingerprint density at radius 1 is 0.758 bits per heavy atom. The topological polar surface area (TPSA) is 41.1 Å². The van der Waals surface area contributed by atoms with Gasteiger partial charge in [0.1, 0.15) is 6.17 Å². The van der Waals surface area contributed by atoms with Gasteiger partial charge < -0.3 is 10.6 Å². The van der Waals surface area contributed by atoms with Crippen LogP contribution in [0, 0.1) is 6.92 Å². The molecule has 0 spiro atoms. The Kier molecular flexibility index (Phi) is 17.2. The van der Waals surface area contributed by atoms with E-state index in [1.807, 2.05) is 31.2 Å². The van der Waals surface area contributed by atoms with E-state index in [0.717, 1.165) is 24.1 Å². The van der Waals surface area contributed by atoms with E-state index in [2.05, 4.69) is 17.6 Å². The van der Waals surface area contributed by atoms with Crippen molar-refractivity contribution >= 4 is 46.4 Å². The van der Waals surface area contributed by atoms with Crippen molar-refractivity contribution in [3.05, 3.63) is 29.8 Å². The minimum atomic E-state index is -1.64. The molecule has 190 valence electrons. The lowest BCUT2D eigenvalue weighted by molar-refractivity contribution is -0.121. The summed E-state index contributed by atoms with van der Waals surface area (Å²) < 4.78 is -1.64. The normalized spacial score (nSPS) is 12.5. The first-order chi connectivity index (χ1) is 15.8. The number of unbranched alkanes of at least 4 members (excludes halogenated alkanes) is 14. The van der Waals surface area contributed by atoms with Crippen LogP contribution in [0.25, 0.3) is 0 Å². The number of halogens is 3. The molecule has 0 aliphatic carbocycles. The van der Waals surface area contributed by atoms with Crippen molar-refractivity contribution in [3.8, 4) is 0 Å². The van der Waals surface area contributed by atoms with Crippen molar-refractivity contribution < 1.29 is 4.79 Å². The number of nitrogens with one attached hydrogen (secondary N) is 2. The molecule has 0 aliphatic heterocycles. The molecule has 0 saturated carbocycles. The molecule has 6 heteroatoms. The maximum atomic E-state index is 12.4. The highest BCUT2D eigenvalue weighted by Crippen LogP contribution is 2.31. The predicted molar refractivity (Wildman–Crippen MR) is 147 cm³/mol. The van der Waals surface area contributed by atoms with Crippen LogP contribution in [0.3, 0.4) is 0 Å². The summed E-state index contributed by atoms with van der Waals surface area (Å²) in [6.07, 6.45) is 19.2. The molecule has 0 saturated heterocycles. The van der Waals surface area contributed by atoms with E-state index < -0.39 is 9.96 Å². The number of hydrogen-bond donors (Lipinski definition) is 2. The molecule has 0 unspecified atom stereocenters. The molecule has 1 aromatic carbocycles. The highest BCUT2D eigenvalue weighted by molar-refractivity contribution is 6.68. The van der Waals surface area contributed by atoms with E-state index in [4.69, 9.17) is 34.8 Å². The van der Waals surface area contributed by atoms with Gasteiger partial charge in [-0.3, -0.25) is 4.79 Å². The number of aryl methyl sites for hydroxylation is 1. The predicted octanol–water partition coefficient (Wildman–Crippen LogP) is 9.48. The van der Waals surface area contributed by atoms with E-state index in [9.17, 15) is 4.79 Å². The highest BCUT2D eigenvalue weighted by Gasteiger charge is 2.33. The first-order valence-electron chi connectivity index (χ1n) is 13.0. The van der Waals surface area contributed by atoms with Gasteiger partial charge in [0, 0.05) is 12.1 Å². The van der Waals surface area contributed by atoms with Crippen LogP contribution in [0.15, 0.2) is 24.3 Å². The summed E-state index contributed by atoms with van der Waals surface area (Å²) >= 11 is 18.2. The molecule has 0 aromatic heterocycles. The summed E-state index contributed by atoms with van der Waals surface area (Å²) in [5, 5.41) is 5.93. The SMILES string of the molecule is CCCCCCCCCCCCCCCCCC(=O)N[C@@H](Nc1ccc(C)cc1)C(Cl)(Cl)Cl. The smallest absolute Gasteiger partial charge is 0.228 e. The fraction of sp³-hybridized carbons (Fsp3) is 0.741. The summed E-state index contributed by atoms with van der Waals surface area (Å²) in [4.78, 5) is 12.4. The van der Waals surface area contributed by atoms with Gasteiger partial charge >= 0.3 is 0 Å². The summed E-state index contributed by atoms with van der Waals surface area (Å²) in [6, 6.07) is 7.74. The zero-order valence-electron chi connectivity index (χ0n) is 20.7. The van der Waals surface area contributed by atoms with Crippen molar-refractivity contribution in [1.29, 1.82) is 0 Å². The van der Waals surface area contributed by atoms with Crippen LogP contribution in [0.2, 0.25) is 0 Å². The molecule has 0 aliphatic rings. The molecule has 0 bridgehead atoms. The summed E-state index contributed by atoms with van der Waals surface area (Å²) in [6.45, 7) is 4.28. The number of carbonyl (C=O) groups is 1. The van der Waals surface area contributed by atoms with E-state index in [-0.39, 0.29) is 5.91 Å². The third-order valence-corrected chi connectivity index (χ3v) is 6.66. The summed E-state index contributed by atoms with van der Waals surface area (Å²) in [5.41, 5.74) is 1.94. The molecule has 1 rings (SSSR count). The second-order valence-corrected chi connectivity index (χ2v) is 11.6. The standard InChI is InChI=1S/C27H45Cl3N2O/c1-3-4-5-6-7-8-9-10-11-12-13-14-15-16-17-18-25(33)32-26(27(28,29)30)31-24-21-19-23(2)20-22-24/h19-22,26,31H,3-18H2,1-2H3,(H,32,33)/t26-/m1/s1. The van der Waals surface area contributed by atoms with Crippen molar-refractivity contribution in [2.24, 2.45) is 0 Å². The average molecular weight is 520 g/mol. The van der Waals surface area contributed by atoms with Gasteiger partial charge in [-0.1, -0.05) is 149 Å². The Balaban J connectivity index is 2.05. The van der Waals surface area contributed by atoms with Crippen molar-refractivity contribution in [1.82, 2.24) is 5.32 Å². The Morgan fingerprint density at radius 3 is 1.61 bits per heavy atom. The first kappa shape index (κ1) is 30.4.